The lowest BCUT2D eigenvalue weighted by molar-refractivity contribution is -0.152. The number of aliphatic hydroxyl groups excluding tert-OH is 3. The van der Waals surface area contributed by atoms with Crippen molar-refractivity contribution < 1.29 is 24.9 Å². The van der Waals surface area contributed by atoms with E-state index < -0.39 is 30.4 Å². The Labute approximate surface area is 88.0 Å². The monoisotopic (exact) mass is 216 g/mol. The third-order valence-corrected chi connectivity index (χ3v) is 2.21. The lowest BCUT2D eigenvalue weighted by Crippen LogP contribution is -2.31. The Kier molecular flexibility index (Phi) is 4.26. The van der Waals surface area contributed by atoms with Crippen LogP contribution >= 0.6 is 0 Å². The van der Waals surface area contributed by atoms with Crippen LogP contribution < -0.4 is 0 Å². The van der Waals surface area contributed by atoms with Crippen LogP contribution in [0.2, 0.25) is 0 Å². The minimum absolute atomic E-state index is 0.244. The molecule has 15 heavy (non-hydrogen) atoms. The molecule has 0 unspecified atom stereocenters. The largest absolute Gasteiger partial charge is 0.462 e. The maximum Gasteiger partial charge on any atom is 0.308 e. The van der Waals surface area contributed by atoms with Gasteiger partial charge >= 0.3 is 5.97 Å². The van der Waals surface area contributed by atoms with E-state index in [2.05, 4.69) is 0 Å². The van der Waals surface area contributed by atoms with Gasteiger partial charge in [0.1, 0.15) is 6.10 Å². The molecule has 0 saturated heterocycles. The van der Waals surface area contributed by atoms with Crippen molar-refractivity contribution in [3.63, 3.8) is 0 Å². The summed E-state index contributed by atoms with van der Waals surface area (Å²) in [5.74, 6) is -0.573. The number of cyclic esters (lactones) is 1. The summed E-state index contributed by atoms with van der Waals surface area (Å²) < 4.78 is 4.91. The third kappa shape index (κ3) is 3.99. The molecule has 4 atom stereocenters. The van der Waals surface area contributed by atoms with Gasteiger partial charge in [-0.05, 0) is 6.92 Å². The summed E-state index contributed by atoms with van der Waals surface area (Å²) in [5.41, 5.74) is 0. The van der Waals surface area contributed by atoms with E-state index in [1.165, 1.54) is 12.2 Å². The van der Waals surface area contributed by atoms with Crippen LogP contribution in [0.15, 0.2) is 12.2 Å². The molecule has 1 aliphatic rings. The molecule has 0 saturated carbocycles. The topological polar surface area (TPSA) is 87.0 Å². The highest BCUT2D eigenvalue weighted by atomic mass is 16.5. The van der Waals surface area contributed by atoms with Gasteiger partial charge in [0, 0.05) is 6.42 Å². The number of carbonyl (C=O) groups is 1. The van der Waals surface area contributed by atoms with Crippen LogP contribution in [-0.2, 0) is 9.53 Å². The molecule has 0 aromatic carbocycles. The standard InChI is InChI=1S/C10H16O5/c1-6-4-7(11)2-3-8(12)9(13)5-10(14)15-6/h2-3,6-9,11-13H,4-5H2,1H3/b3-2-/t6-,7-,8+,9+/m1/s1. The Morgan fingerprint density at radius 3 is 2.67 bits per heavy atom. The number of aliphatic hydroxyl groups is 3. The van der Waals surface area contributed by atoms with Gasteiger partial charge in [-0.2, -0.15) is 0 Å². The van der Waals surface area contributed by atoms with Crippen molar-refractivity contribution >= 4 is 5.97 Å². The van der Waals surface area contributed by atoms with Crippen molar-refractivity contribution in [1.82, 2.24) is 0 Å². The normalized spacial score (nSPS) is 40.7. The quantitative estimate of drug-likeness (QED) is 0.370. The van der Waals surface area contributed by atoms with Gasteiger partial charge in [0.05, 0.1) is 24.7 Å². The summed E-state index contributed by atoms with van der Waals surface area (Å²) in [6.45, 7) is 1.67. The Bertz CT molecular complexity index is 250. The predicted octanol–water partition coefficient (Wildman–Crippen LogP) is -0.649. The Morgan fingerprint density at radius 2 is 2.00 bits per heavy atom. The van der Waals surface area contributed by atoms with Crippen LogP contribution in [-0.4, -0.2) is 45.7 Å². The first kappa shape index (κ1) is 12.2. The number of esters is 1. The summed E-state index contributed by atoms with van der Waals surface area (Å²) in [6.07, 6.45) is -0.805. The average Bonchev–Trinajstić information content (AvgIpc) is 2.12. The Balaban J connectivity index is 2.72. The lowest BCUT2D eigenvalue weighted by atomic mass is 10.1. The molecule has 0 fully saturated rings. The molecule has 0 aromatic rings. The Hall–Kier alpha value is -0.910. The van der Waals surface area contributed by atoms with Crippen LogP contribution in [0.3, 0.4) is 0 Å². The molecule has 0 radical (unpaired) electrons. The van der Waals surface area contributed by atoms with E-state index in [4.69, 9.17) is 4.74 Å². The van der Waals surface area contributed by atoms with Gasteiger partial charge in [-0.3, -0.25) is 4.79 Å². The number of hydrogen-bond donors (Lipinski definition) is 3. The van der Waals surface area contributed by atoms with Crippen molar-refractivity contribution in [2.75, 3.05) is 0 Å². The van der Waals surface area contributed by atoms with Gasteiger partial charge in [-0.15, -0.1) is 0 Å². The molecule has 5 nitrogen and oxygen atoms in total. The highest BCUT2D eigenvalue weighted by molar-refractivity contribution is 5.70. The number of hydrogen-bond acceptors (Lipinski definition) is 5. The van der Waals surface area contributed by atoms with Gasteiger partial charge in [0.15, 0.2) is 0 Å². The first-order valence-corrected chi connectivity index (χ1v) is 4.91. The van der Waals surface area contributed by atoms with Crippen LogP contribution in [0, 0.1) is 0 Å². The minimum atomic E-state index is -1.19. The average molecular weight is 216 g/mol. The van der Waals surface area contributed by atoms with Crippen LogP contribution in [0.5, 0.6) is 0 Å². The van der Waals surface area contributed by atoms with Crippen molar-refractivity contribution in [3.8, 4) is 0 Å². The van der Waals surface area contributed by atoms with Crippen molar-refractivity contribution in [3.05, 3.63) is 12.2 Å². The second-order valence-corrected chi connectivity index (χ2v) is 3.75. The van der Waals surface area contributed by atoms with Crippen LogP contribution in [0.4, 0.5) is 0 Å². The van der Waals surface area contributed by atoms with Gasteiger partial charge in [0.2, 0.25) is 0 Å². The molecular formula is C10H16O5. The summed E-state index contributed by atoms with van der Waals surface area (Å²) >= 11 is 0. The fraction of sp³-hybridized carbons (Fsp3) is 0.700. The SMILES string of the molecule is C[C@@H]1C[C@H](O)/C=C\[C@H](O)[C@@H](O)CC(=O)O1. The van der Waals surface area contributed by atoms with Gasteiger partial charge in [-0.1, -0.05) is 12.2 Å². The zero-order valence-electron chi connectivity index (χ0n) is 8.54. The van der Waals surface area contributed by atoms with E-state index >= 15 is 0 Å². The second-order valence-electron chi connectivity index (χ2n) is 3.75. The number of ether oxygens (including phenoxy) is 1. The first-order chi connectivity index (χ1) is 6.99. The summed E-state index contributed by atoms with van der Waals surface area (Å²) in [6, 6.07) is 0. The maximum atomic E-state index is 11.2. The highest BCUT2D eigenvalue weighted by Gasteiger charge is 2.22. The molecular weight excluding hydrogens is 200 g/mol. The third-order valence-electron chi connectivity index (χ3n) is 2.21. The van der Waals surface area contributed by atoms with Crippen molar-refractivity contribution in [2.24, 2.45) is 0 Å². The second kappa shape index (κ2) is 5.25. The fourth-order valence-corrected chi connectivity index (χ4v) is 1.40. The molecule has 0 spiro atoms. The van der Waals surface area contributed by atoms with E-state index in [9.17, 15) is 20.1 Å². The summed E-state index contributed by atoms with van der Waals surface area (Å²) in [4.78, 5) is 11.2. The van der Waals surface area contributed by atoms with Crippen molar-refractivity contribution in [1.29, 1.82) is 0 Å². The summed E-state index contributed by atoms with van der Waals surface area (Å²) in [5, 5.41) is 28.1. The zero-order chi connectivity index (χ0) is 11.4. The molecule has 86 valence electrons. The molecule has 3 N–H and O–H groups in total. The predicted molar refractivity (Wildman–Crippen MR) is 51.9 cm³/mol. The molecule has 1 heterocycles. The van der Waals surface area contributed by atoms with Crippen LogP contribution in [0.25, 0.3) is 0 Å². The lowest BCUT2D eigenvalue weighted by Gasteiger charge is -2.20. The molecule has 1 aliphatic heterocycles. The van der Waals surface area contributed by atoms with E-state index in [0.29, 0.717) is 0 Å². The van der Waals surface area contributed by atoms with Gasteiger partial charge in [0.25, 0.3) is 0 Å². The highest BCUT2D eigenvalue weighted by Crippen LogP contribution is 2.11. The minimum Gasteiger partial charge on any atom is -0.462 e. The molecule has 0 aliphatic carbocycles. The smallest absolute Gasteiger partial charge is 0.308 e. The zero-order valence-corrected chi connectivity index (χ0v) is 8.54. The van der Waals surface area contributed by atoms with E-state index in [1.54, 1.807) is 6.92 Å². The maximum absolute atomic E-state index is 11.2. The molecule has 5 heteroatoms. The molecule has 0 bridgehead atoms. The van der Waals surface area contributed by atoms with Crippen LogP contribution in [0.1, 0.15) is 19.8 Å². The van der Waals surface area contributed by atoms with E-state index in [1.807, 2.05) is 0 Å². The van der Waals surface area contributed by atoms with E-state index in [0.717, 1.165) is 0 Å². The Morgan fingerprint density at radius 1 is 1.33 bits per heavy atom. The first-order valence-electron chi connectivity index (χ1n) is 4.91. The summed E-state index contributed by atoms with van der Waals surface area (Å²) in [7, 11) is 0. The van der Waals surface area contributed by atoms with Gasteiger partial charge in [-0.25, -0.2) is 0 Å². The molecule has 0 amide bonds. The fourth-order valence-electron chi connectivity index (χ4n) is 1.40. The molecule has 1 rings (SSSR count). The van der Waals surface area contributed by atoms with Crippen molar-refractivity contribution in [2.45, 2.75) is 44.2 Å². The molecule has 0 aromatic heterocycles. The number of rotatable bonds is 0. The number of carbonyl (C=O) groups excluding carboxylic acids is 1. The van der Waals surface area contributed by atoms with E-state index in [-0.39, 0.29) is 12.8 Å². The van der Waals surface area contributed by atoms with Gasteiger partial charge < -0.3 is 20.1 Å².